The van der Waals surface area contributed by atoms with E-state index in [2.05, 4.69) is 58.6 Å². The van der Waals surface area contributed by atoms with E-state index in [1.54, 1.807) is 4.52 Å². The van der Waals surface area contributed by atoms with E-state index in [4.69, 9.17) is 10.7 Å². The fraction of sp³-hybridized carbons (Fsp3) is 0.462. The number of piperazine rings is 1. The minimum Gasteiger partial charge on any atom is -0.369 e. The van der Waals surface area contributed by atoms with Crippen LogP contribution in [0, 0.1) is 6.92 Å². The number of aryl methyl sites for hydroxylation is 1. The maximum absolute atomic E-state index is 14.3. The van der Waals surface area contributed by atoms with Crippen LogP contribution in [0.5, 0.6) is 0 Å². The summed E-state index contributed by atoms with van der Waals surface area (Å²) in [6.07, 6.45) is 3.34. The predicted molar refractivity (Wildman–Crippen MR) is 139 cm³/mol. The van der Waals surface area contributed by atoms with Crippen LogP contribution in [0.25, 0.3) is 27.9 Å². The van der Waals surface area contributed by atoms with Crippen LogP contribution >= 0.6 is 0 Å². The number of primary amides is 1. The van der Waals surface area contributed by atoms with Gasteiger partial charge in [0.2, 0.25) is 5.91 Å². The first-order valence-corrected chi connectivity index (χ1v) is 12.4. The van der Waals surface area contributed by atoms with Gasteiger partial charge < -0.3 is 15.6 Å². The fourth-order valence-electron chi connectivity index (χ4n) is 5.76. The van der Waals surface area contributed by atoms with E-state index in [9.17, 15) is 9.18 Å². The monoisotopic (exact) mass is 492 g/mol. The molecule has 0 radical (unpaired) electrons. The number of aromatic nitrogens is 5. The summed E-state index contributed by atoms with van der Waals surface area (Å²) in [5.41, 5.74) is 12.0. The van der Waals surface area contributed by atoms with Crippen molar-refractivity contribution in [3.8, 4) is 11.3 Å². The van der Waals surface area contributed by atoms with Crippen LogP contribution in [0.2, 0.25) is 0 Å². The first-order chi connectivity index (χ1) is 17.2. The molecule has 0 unspecified atom stereocenters. The van der Waals surface area contributed by atoms with E-state index in [-0.39, 0.29) is 30.5 Å². The molecule has 36 heavy (non-hydrogen) atoms. The van der Waals surface area contributed by atoms with Gasteiger partial charge in [0.15, 0.2) is 5.65 Å². The molecular formula is C26H33FN8O. The van der Waals surface area contributed by atoms with Crippen molar-refractivity contribution in [1.82, 2.24) is 29.5 Å². The van der Waals surface area contributed by atoms with Gasteiger partial charge in [0, 0.05) is 53.6 Å². The summed E-state index contributed by atoms with van der Waals surface area (Å²) in [4.78, 5) is 28.8. The number of carbonyl (C=O) groups excluding carboxylic acids is 1. The lowest BCUT2D eigenvalue weighted by atomic mass is 9.95. The highest BCUT2D eigenvalue weighted by atomic mass is 19.1. The highest BCUT2D eigenvalue weighted by molar-refractivity contribution is 5.90. The number of nitrogens with two attached hydrogens (primary N) is 1. The summed E-state index contributed by atoms with van der Waals surface area (Å²) in [6, 6.07) is 4.41. The molecule has 4 aromatic rings. The summed E-state index contributed by atoms with van der Waals surface area (Å²) in [6.45, 7) is 11.6. The summed E-state index contributed by atoms with van der Waals surface area (Å²) >= 11 is 0. The Hall–Kier alpha value is -3.53. The lowest BCUT2D eigenvalue weighted by molar-refractivity contribution is -0.119. The number of carbonyl (C=O) groups is 1. The first-order valence-electron chi connectivity index (χ1n) is 12.4. The van der Waals surface area contributed by atoms with E-state index >= 15 is 0 Å². The molecule has 1 amide bonds. The molecule has 3 N–H and O–H groups in total. The second-order valence-electron chi connectivity index (χ2n) is 10.2. The number of aromatic amines is 1. The second-order valence-corrected chi connectivity index (χ2v) is 10.2. The molecule has 2 atom stereocenters. The van der Waals surface area contributed by atoms with Gasteiger partial charge in [0.05, 0.1) is 23.3 Å². The van der Waals surface area contributed by atoms with Gasteiger partial charge in [0.1, 0.15) is 18.8 Å². The number of halogens is 1. The minimum absolute atomic E-state index is 0.151. The average molecular weight is 493 g/mol. The van der Waals surface area contributed by atoms with Gasteiger partial charge in [-0.25, -0.2) is 18.9 Å². The van der Waals surface area contributed by atoms with Gasteiger partial charge >= 0.3 is 0 Å². The minimum atomic E-state index is -0.597. The van der Waals surface area contributed by atoms with Crippen LogP contribution < -0.4 is 10.6 Å². The summed E-state index contributed by atoms with van der Waals surface area (Å²) in [7, 11) is 0. The molecule has 1 aliphatic heterocycles. The molecule has 0 aliphatic carbocycles. The highest BCUT2D eigenvalue weighted by Crippen LogP contribution is 2.39. The zero-order valence-electron chi connectivity index (χ0n) is 21.4. The van der Waals surface area contributed by atoms with Crippen LogP contribution in [-0.4, -0.2) is 67.1 Å². The Kier molecular flexibility index (Phi) is 6.15. The maximum Gasteiger partial charge on any atom is 0.231 e. The number of hydrogen-bond donors (Lipinski definition) is 2. The molecule has 4 aromatic heterocycles. The van der Waals surface area contributed by atoms with Crippen LogP contribution in [-0.2, 0) is 11.5 Å². The standard InChI is InChI=1S/C26H33FN8O/c1-14(2)23-24(19-11-34-26(29-13-30-34)17(5)18(19)8-27)31-20-6-7-22(32-25(20)23)35-15(3)9-33(10-16(35)4)12-21(28)36/h6-7,11,13-16,31H,8-10,12H2,1-5H3,(H2,28,36)/t15-,16-/m1/s1. The SMILES string of the molecule is Cc1c(CF)c(-c2[nH]c3ccc(N4[C@H](C)CN(CC(N)=O)C[C@H]4C)nc3c2C(C)C)cn2ncnc12. The van der Waals surface area contributed by atoms with Crippen LogP contribution in [0.15, 0.2) is 24.7 Å². The zero-order chi connectivity index (χ0) is 25.7. The van der Waals surface area contributed by atoms with Gasteiger partial charge in [0.25, 0.3) is 0 Å². The average Bonchev–Trinajstić information content (AvgIpc) is 3.42. The van der Waals surface area contributed by atoms with Crippen LogP contribution in [0.4, 0.5) is 10.2 Å². The summed E-state index contributed by atoms with van der Waals surface area (Å²) < 4.78 is 16.0. The van der Waals surface area contributed by atoms with Crippen molar-refractivity contribution in [2.45, 2.75) is 59.3 Å². The molecule has 190 valence electrons. The maximum atomic E-state index is 14.3. The van der Waals surface area contributed by atoms with Crippen LogP contribution in [0.1, 0.15) is 50.3 Å². The number of pyridine rings is 2. The zero-order valence-corrected chi connectivity index (χ0v) is 21.4. The predicted octanol–water partition coefficient (Wildman–Crippen LogP) is 3.56. The molecule has 0 spiro atoms. The van der Waals surface area contributed by atoms with Gasteiger partial charge in [-0.2, -0.15) is 5.10 Å². The molecule has 5 heterocycles. The number of hydrogen-bond acceptors (Lipinski definition) is 6. The van der Waals surface area contributed by atoms with E-state index in [1.165, 1.54) is 6.33 Å². The number of anilines is 1. The van der Waals surface area contributed by atoms with Crippen molar-refractivity contribution in [2.75, 3.05) is 24.5 Å². The molecule has 0 bridgehead atoms. The third-order valence-corrected chi connectivity index (χ3v) is 7.22. The van der Waals surface area contributed by atoms with Gasteiger partial charge in [-0.15, -0.1) is 0 Å². The smallest absolute Gasteiger partial charge is 0.231 e. The molecule has 9 nitrogen and oxygen atoms in total. The molecule has 0 saturated carbocycles. The number of amides is 1. The highest BCUT2D eigenvalue weighted by Gasteiger charge is 2.31. The fourth-order valence-corrected chi connectivity index (χ4v) is 5.76. The van der Waals surface area contributed by atoms with E-state index in [0.717, 1.165) is 52.3 Å². The first kappa shape index (κ1) is 24.2. The Morgan fingerprint density at radius 3 is 2.61 bits per heavy atom. The van der Waals surface area contributed by atoms with E-state index in [1.807, 2.05) is 19.2 Å². The molecule has 5 rings (SSSR count). The number of H-pyrrole nitrogens is 1. The van der Waals surface area contributed by atoms with Crippen molar-refractivity contribution in [1.29, 1.82) is 0 Å². The summed E-state index contributed by atoms with van der Waals surface area (Å²) in [5.74, 6) is 0.732. The van der Waals surface area contributed by atoms with Crippen molar-refractivity contribution >= 4 is 28.4 Å². The lowest BCUT2D eigenvalue weighted by Gasteiger charge is -2.44. The van der Waals surface area contributed by atoms with Gasteiger partial charge in [-0.1, -0.05) is 13.8 Å². The topological polar surface area (TPSA) is 108 Å². The van der Waals surface area contributed by atoms with Gasteiger partial charge in [-0.05, 0) is 38.8 Å². The Labute approximate surface area is 209 Å². The van der Waals surface area contributed by atoms with Crippen molar-refractivity contribution < 1.29 is 9.18 Å². The van der Waals surface area contributed by atoms with Crippen molar-refractivity contribution in [3.63, 3.8) is 0 Å². The van der Waals surface area contributed by atoms with Crippen LogP contribution in [0.3, 0.4) is 0 Å². The number of alkyl halides is 1. The third-order valence-electron chi connectivity index (χ3n) is 7.22. The van der Waals surface area contributed by atoms with E-state index < -0.39 is 6.67 Å². The Morgan fingerprint density at radius 2 is 1.97 bits per heavy atom. The van der Waals surface area contributed by atoms with Crippen molar-refractivity contribution in [3.05, 3.63) is 41.3 Å². The number of rotatable bonds is 6. The number of fused-ring (bicyclic) bond motifs is 2. The lowest BCUT2D eigenvalue weighted by Crippen LogP contribution is -2.58. The number of nitrogens with one attached hydrogen (secondary N) is 1. The molecule has 1 saturated heterocycles. The third kappa shape index (κ3) is 3.99. The molecule has 0 aromatic carbocycles. The Morgan fingerprint density at radius 1 is 1.25 bits per heavy atom. The number of nitrogens with zero attached hydrogens (tertiary/aromatic N) is 6. The molecular weight excluding hydrogens is 459 g/mol. The molecule has 1 aliphatic rings. The van der Waals surface area contributed by atoms with E-state index in [0.29, 0.717) is 11.2 Å². The largest absolute Gasteiger partial charge is 0.369 e. The Balaban J connectivity index is 1.62. The Bertz CT molecular complexity index is 1430. The van der Waals surface area contributed by atoms with Gasteiger partial charge in [-0.3, -0.25) is 9.69 Å². The second kappa shape index (κ2) is 9.16. The van der Waals surface area contributed by atoms with Crippen molar-refractivity contribution in [2.24, 2.45) is 5.73 Å². The quantitative estimate of drug-likeness (QED) is 0.426. The molecule has 10 heteroatoms. The summed E-state index contributed by atoms with van der Waals surface area (Å²) in [5, 5.41) is 4.30. The normalized spacial score (nSPS) is 19.1. The molecule has 1 fully saturated rings.